The number of para-hydroxylation sites is 1. The number of nitrogens with zero attached hydrogens (tertiary/aromatic N) is 4. The molecule has 0 saturated heterocycles. The minimum absolute atomic E-state index is 0.263. The van der Waals surface area contributed by atoms with Crippen molar-refractivity contribution in [3.63, 3.8) is 0 Å². The van der Waals surface area contributed by atoms with Gasteiger partial charge < -0.3 is 0 Å². The first-order valence-corrected chi connectivity index (χ1v) is 6.66. The number of hydrogen-bond acceptors (Lipinski definition) is 5. The summed E-state index contributed by atoms with van der Waals surface area (Å²) in [5.74, 6) is 6.68. The second-order valence-electron chi connectivity index (χ2n) is 4.48. The standard InChI is InChI=1S/C14H19N5O/c1-4-12-16-13(18(15)5-2)17-14(20)19(12)11-9-7-6-8-10(11)3/h6-9H,4-5,15H2,1-3H3. The molecule has 0 radical (unpaired) electrons. The molecule has 0 spiro atoms. The number of aromatic nitrogens is 3. The number of benzene rings is 1. The molecule has 0 fully saturated rings. The van der Waals surface area contributed by atoms with Gasteiger partial charge in [0, 0.05) is 13.0 Å². The van der Waals surface area contributed by atoms with E-state index in [4.69, 9.17) is 5.84 Å². The molecule has 0 atom stereocenters. The van der Waals surface area contributed by atoms with E-state index < -0.39 is 0 Å². The maximum atomic E-state index is 12.3. The molecule has 0 aliphatic carbocycles. The van der Waals surface area contributed by atoms with Gasteiger partial charge in [-0.25, -0.2) is 15.2 Å². The normalized spacial score (nSPS) is 10.6. The van der Waals surface area contributed by atoms with Gasteiger partial charge in [-0.2, -0.15) is 9.97 Å². The fourth-order valence-corrected chi connectivity index (χ4v) is 2.00. The summed E-state index contributed by atoms with van der Waals surface area (Å²) in [7, 11) is 0. The van der Waals surface area contributed by atoms with Crippen LogP contribution in [0.4, 0.5) is 5.95 Å². The highest BCUT2D eigenvalue weighted by atomic mass is 16.1. The monoisotopic (exact) mass is 273 g/mol. The molecule has 6 nitrogen and oxygen atoms in total. The van der Waals surface area contributed by atoms with Gasteiger partial charge in [0.25, 0.3) is 0 Å². The first-order chi connectivity index (χ1) is 9.58. The molecular weight excluding hydrogens is 254 g/mol. The van der Waals surface area contributed by atoms with Gasteiger partial charge in [0.2, 0.25) is 5.95 Å². The van der Waals surface area contributed by atoms with Crippen molar-refractivity contribution in [2.75, 3.05) is 11.6 Å². The molecule has 106 valence electrons. The molecule has 2 rings (SSSR count). The summed E-state index contributed by atoms with van der Waals surface area (Å²) >= 11 is 0. The quantitative estimate of drug-likeness (QED) is 0.669. The van der Waals surface area contributed by atoms with Crippen molar-refractivity contribution in [2.45, 2.75) is 27.2 Å². The van der Waals surface area contributed by atoms with E-state index in [1.54, 1.807) is 4.57 Å². The number of aryl methyl sites for hydroxylation is 2. The van der Waals surface area contributed by atoms with Crippen LogP contribution in [0.15, 0.2) is 29.1 Å². The molecule has 1 heterocycles. The number of nitrogens with two attached hydrogens (primary N) is 1. The summed E-state index contributed by atoms with van der Waals surface area (Å²) in [4.78, 5) is 20.7. The molecule has 0 amide bonds. The molecule has 0 aliphatic rings. The zero-order valence-corrected chi connectivity index (χ0v) is 12.0. The van der Waals surface area contributed by atoms with Crippen molar-refractivity contribution in [1.82, 2.24) is 14.5 Å². The van der Waals surface area contributed by atoms with E-state index in [0.717, 1.165) is 11.3 Å². The van der Waals surface area contributed by atoms with Gasteiger partial charge in [-0.05, 0) is 25.5 Å². The number of hydrogen-bond donors (Lipinski definition) is 1. The van der Waals surface area contributed by atoms with Crippen molar-refractivity contribution in [3.8, 4) is 5.69 Å². The van der Waals surface area contributed by atoms with Crippen molar-refractivity contribution < 1.29 is 0 Å². The summed E-state index contributed by atoms with van der Waals surface area (Å²) in [5, 5.41) is 1.36. The fraction of sp³-hybridized carbons (Fsp3) is 0.357. The molecular formula is C14H19N5O. The predicted octanol–water partition coefficient (Wildman–Crippen LogP) is 1.20. The van der Waals surface area contributed by atoms with Crippen LogP contribution in [0.5, 0.6) is 0 Å². The minimum atomic E-state index is -0.356. The van der Waals surface area contributed by atoms with Crippen LogP contribution in [-0.4, -0.2) is 21.1 Å². The van der Waals surface area contributed by atoms with E-state index in [-0.39, 0.29) is 11.6 Å². The second-order valence-corrected chi connectivity index (χ2v) is 4.48. The number of rotatable bonds is 4. The van der Waals surface area contributed by atoms with E-state index in [0.29, 0.717) is 18.8 Å². The van der Waals surface area contributed by atoms with Crippen LogP contribution in [0, 0.1) is 6.92 Å². The van der Waals surface area contributed by atoms with Crippen LogP contribution >= 0.6 is 0 Å². The predicted molar refractivity (Wildman–Crippen MR) is 79.0 cm³/mol. The summed E-state index contributed by atoms with van der Waals surface area (Å²) < 4.78 is 1.54. The maximum absolute atomic E-state index is 12.3. The van der Waals surface area contributed by atoms with E-state index in [1.807, 2.05) is 45.0 Å². The number of hydrazine groups is 1. The Morgan fingerprint density at radius 2 is 1.95 bits per heavy atom. The molecule has 6 heteroatoms. The number of anilines is 1. The highest BCUT2D eigenvalue weighted by Gasteiger charge is 2.14. The van der Waals surface area contributed by atoms with Crippen LogP contribution in [0.3, 0.4) is 0 Å². The summed E-state index contributed by atoms with van der Waals surface area (Å²) in [5.41, 5.74) is 1.45. The van der Waals surface area contributed by atoms with Crippen molar-refractivity contribution in [2.24, 2.45) is 5.84 Å². The average Bonchev–Trinajstić information content (AvgIpc) is 2.46. The topological polar surface area (TPSA) is 77.0 Å². The molecule has 0 bridgehead atoms. The Morgan fingerprint density at radius 3 is 2.55 bits per heavy atom. The van der Waals surface area contributed by atoms with Crippen molar-refractivity contribution in [1.29, 1.82) is 0 Å². The first-order valence-electron chi connectivity index (χ1n) is 6.66. The third-order valence-electron chi connectivity index (χ3n) is 3.14. The molecule has 2 N–H and O–H groups in total. The Bertz CT molecular complexity index is 665. The second kappa shape index (κ2) is 5.83. The zero-order valence-electron chi connectivity index (χ0n) is 12.0. The average molecular weight is 273 g/mol. The van der Waals surface area contributed by atoms with E-state index in [2.05, 4.69) is 9.97 Å². The van der Waals surface area contributed by atoms with E-state index >= 15 is 0 Å². The molecule has 0 saturated carbocycles. The van der Waals surface area contributed by atoms with Gasteiger partial charge in [-0.15, -0.1) is 0 Å². The first kappa shape index (κ1) is 14.2. The lowest BCUT2D eigenvalue weighted by molar-refractivity contribution is 0.730. The molecule has 1 aromatic heterocycles. The lowest BCUT2D eigenvalue weighted by Gasteiger charge is -2.17. The van der Waals surface area contributed by atoms with Gasteiger partial charge in [-0.3, -0.25) is 5.01 Å². The molecule has 0 aliphatic heterocycles. The molecule has 20 heavy (non-hydrogen) atoms. The Kier molecular flexibility index (Phi) is 4.14. The highest BCUT2D eigenvalue weighted by molar-refractivity contribution is 5.41. The molecule has 0 unspecified atom stereocenters. The maximum Gasteiger partial charge on any atom is 0.356 e. The van der Waals surface area contributed by atoms with E-state index in [9.17, 15) is 4.79 Å². The zero-order chi connectivity index (χ0) is 14.7. The van der Waals surface area contributed by atoms with Gasteiger partial charge >= 0.3 is 5.69 Å². The Hall–Kier alpha value is -2.21. The van der Waals surface area contributed by atoms with Crippen LogP contribution in [0.1, 0.15) is 25.2 Å². The molecule has 1 aromatic carbocycles. The lowest BCUT2D eigenvalue weighted by Crippen LogP contribution is -2.37. The Morgan fingerprint density at radius 1 is 1.25 bits per heavy atom. The van der Waals surface area contributed by atoms with Gasteiger partial charge in [-0.1, -0.05) is 25.1 Å². The Balaban J connectivity index is 2.66. The highest BCUT2D eigenvalue weighted by Crippen LogP contribution is 2.14. The van der Waals surface area contributed by atoms with Crippen LogP contribution in [-0.2, 0) is 6.42 Å². The van der Waals surface area contributed by atoms with Crippen molar-refractivity contribution in [3.05, 3.63) is 46.1 Å². The van der Waals surface area contributed by atoms with Crippen LogP contribution < -0.4 is 16.5 Å². The van der Waals surface area contributed by atoms with E-state index in [1.165, 1.54) is 5.01 Å². The minimum Gasteiger partial charge on any atom is -0.279 e. The fourth-order valence-electron chi connectivity index (χ4n) is 2.00. The SMILES string of the molecule is CCc1nc(N(N)CC)nc(=O)n1-c1ccccc1C. The third-order valence-corrected chi connectivity index (χ3v) is 3.14. The summed E-state index contributed by atoms with van der Waals surface area (Å²) in [6.45, 7) is 6.32. The van der Waals surface area contributed by atoms with Gasteiger partial charge in [0.05, 0.1) is 5.69 Å². The van der Waals surface area contributed by atoms with Gasteiger partial charge in [0.15, 0.2) is 0 Å². The Labute approximate surface area is 117 Å². The summed E-state index contributed by atoms with van der Waals surface area (Å²) in [6.07, 6.45) is 0.622. The van der Waals surface area contributed by atoms with Gasteiger partial charge in [0.1, 0.15) is 5.82 Å². The van der Waals surface area contributed by atoms with Crippen molar-refractivity contribution >= 4 is 5.95 Å². The molecule has 2 aromatic rings. The van der Waals surface area contributed by atoms with Crippen LogP contribution in [0.25, 0.3) is 5.69 Å². The van der Waals surface area contributed by atoms with Crippen LogP contribution in [0.2, 0.25) is 0 Å². The largest absolute Gasteiger partial charge is 0.356 e. The smallest absolute Gasteiger partial charge is 0.279 e. The third kappa shape index (κ3) is 2.55. The summed E-state index contributed by atoms with van der Waals surface area (Å²) in [6, 6.07) is 7.67. The lowest BCUT2D eigenvalue weighted by atomic mass is 10.2.